The highest BCUT2D eigenvalue weighted by Gasteiger charge is 2.26. The van der Waals surface area contributed by atoms with Gasteiger partial charge in [-0.2, -0.15) is 0 Å². The van der Waals surface area contributed by atoms with E-state index >= 15 is 0 Å². The molecule has 0 bridgehead atoms. The zero-order chi connectivity index (χ0) is 21.9. The number of para-hydroxylation sites is 2. The maximum absolute atomic E-state index is 12.7. The van der Waals surface area contributed by atoms with E-state index in [0.717, 1.165) is 41.4 Å². The minimum atomic E-state index is 0.0395. The van der Waals surface area contributed by atoms with Crippen molar-refractivity contribution >= 4 is 39.9 Å². The van der Waals surface area contributed by atoms with Gasteiger partial charge in [0.2, 0.25) is 5.91 Å². The van der Waals surface area contributed by atoms with Crippen LogP contribution in [0.15, 0.2) is 60.0 Å². The van der Waals surface area contributed by atoms with E-state index in [1.807, 2.05) is 47.7 Å². The Kier molecular flexibility index (Phi) is 6.26. The summed E-state index contributed by atoms with van der Waals surface area (Å²) in [7, 11) is 0. The minimum Gasteiger partial charge on any atom is -0.354 e. The molecule has 0 radical (unpaired) electrons. The fourth-order valence-corrected chi connectivity index (χ4v) is 5.35. The molecule has 1 unspecified atom stereocenters. The van der Waals surface area contributed by atoms with Crippen LogP contribution in [0.5, 0.6) is 0 Å². The second-order valence-electron chi connectivity index (χ2n) is 8.16. The molecular formula is C25H25ClN4OS. The number of aromatic amines is 1. The van der Waals surface area contributed by atoms with Crippen molar-refractivity contribution in [2.45, 2.75) is 31.8 Å². The molecule has 5 nitrogen and oxygen atoms in total. The summed E-state index contributed by atoms with van der Waals surface area (Å²) in [4.78, 5) is 24.5. The van der Waals surface area contributed by atoms with Crippen LogP contribution in [-0.2, 0) is 24.2 Å². The first-order valence-electron chi connectivity index (χ1n) is 10.9. The van der Waals surface area contributed by atoms with E-state index in [0.29, 0.717) is 19.4 Å². The van der Waals surface area contributed by atoms with Crippen molar-refractivity contribution in [1.29, 1.82) is 0 Å². The lowest BCUT2D eigenvalue weighted by molar-refractivity contribution is -0.121. The lowest BCUT2D eigenvalue weighted by Crippen LogP contribution is -2.40. The van der Waals surface area contributed by atoms with Gasteiger partial charge in [0, 0.05) is 42.4 Å². The number of thiophene rings is 1. The van der Waals surface area contributed by atoms with Gasteiger partial charge in [-0.25, -0.2) is 4.98 Å². The van der Waals surface area contributed by atoms with E-state index in [2.05, 4.69) is 43.8 Å². The van der Waals surface area contributed by atoms with E-state index in [4.69, 9.17) is 11.6 Å². The fraction of sp³-hybridized carbons (Fsp3) is 0.280. The Bertz CT molecular complexity index is 1180. The van der Waals surface area contributed by atoms with Crippen molar-refractivity contribution in [3.05, 3.63) is 86.8 Å². The average Bonchev–Trinajstić information content (AvgIpc) is 3.45. The van der Waals surface area contributed by atoms with E-state index in [9.17, 15) is 4.79 Å². The van der Waals surface area contributed by atoms with Gasteiger partial charge in [-0.05, 0) is 53.3 Å². The number of carbonyl (C=O) groups is 1. The van der Waals surface area contributed by atoms with Gasteiger partial charge in [0.05, 0.1) is 17.1 Å². The second-order valence-corrected chi connectivity index (χ2v) is 9.60. The molecule has 32 heavy (non-hydrogen) atoms. The van der Waals surface area contributed by atoms with Crippen LogP contribution in [0.3, 0.4) is 0 Å². The number of benzene rings is 2. The highest BCUT2D eigenvalue weighted by molar-refractivity contribution is 7.10. The SMILES string of the molecule is O=C(CCc1nc2ccccc2[nH]1)NCC(c1ccc(Cl)cc1)N1CCc2sccc2C1. The second kappa shape index (κ2) is 9.45. The molecule has 1 aliphatic heterocycles. The normalized spacial score (nSPS) is 14.9. The lowest BCUT2D eigenvalue weighted by atomic mass is 10.0. The van der Waals surface area contributed by atoms with Gasteiger partial charge in [-0.3, -0.25) is 9.69 Å². The summed E-state index contributed by atoms with van der Waals surface area (Å²) in [5, 5.41) is 6.06. The van der Waals surface area contributed by atoms with Gasteiger partial charge >= 0.3 is 0 Å². The van der Waals surface area contributed by atoms with Crippen molar-refractivity contribution < 1.29 is 4.79 Å². The average molecular weight is 465 g/mol. The largest absolute Gasteiger partial charge is 0.354 e. The van der Waals surface area contributed by atoms with Crippen LogP contribution >= 0.6 is 22.9 Å². The maximum Gasteiger partial charge on any atom is 0.220 e. The summed E-state index contributed by atoms with van der Waals surface area (Å²) in [6.07, 6.45) is 2.05. The van der Waals surface area contributed by atoms with Gasteiger partial charge in [-0.1, -0.05) is 35.9 Å². The molecule has 0 saturated heterocycles. The molecule has 2 aromatic heterocycles. The number of imidazole rings is 1. The van der Waals surface area contributed by atoms with Gasteiger partial charge in [0.25, 0.3) is 0 Å². The van der Waals surface area contributed by atoms with E-state index in [1.54, 1.807) is 0 Å². The minimum absolute atomic E-state index is 0.0395. The number of amides is 1. The summed E-state index contributed by atoms with van der Waals surface area (Å²) in [5.41, 5.74) is 4.51. The standard InChI is InChI=1S/C25H25ClN4OS/c26-19-7-5-17(6-8-19)22(30-13-11-23-18(16-30)12-14-32-23)15-27-25(31)10-9-24-28-20-3-1-2-4-21(20)29-24/h1-8,12,14,22H,9-11,13,15-16H2,(H,27,31)(H,28,29). The highest BCUT2D eigenvalue weighted by atomic mass is 35.5. The number of hydrogen-bond acceptors (Lipinski definition) is 4. The smallest absolute Gasteiger partial charge is 0.220 e. The molecule has 2 N–H and O–H groups in total. The monoisotopic (exact) mass is 464 g/mol. The van der Waals surface area contributed by atoms with Crippen LogP contribution in [0.1, 0.15) is 34.3 Å². The van der Waals surface area contributed by atoms with E-state index in [-0.39, 0.29) is 11.9 Å². The molecule has 0 fully saturated rings. The topological polar surface area (TPSA) is 61.0 Å². The van der Waals surface area contributed by atoms with Crippen molar-refractivity contribution in [2.24, 2.45) is 0 Å². The van der Waals surface area contributed by atoms with Crippen LogP contribution in [0, 0.1) is 0 Å². The number of halogens is 1. The molecular weight excluding hydrogens is 440 g/mol. The van der Waals surface area contributed by atoms with Crippen LogP contribution in [0.4, 0.5) is 0 Å². The lowest BCUT2D eigenvalue weighted by Gasteiger charge is -2.35. The molecule has 0 spiro atoms. The van der Waals surface area contributed by atoms with Crippen molar-refractivity contribution in [3.8, 4) is 0 Å². The summed E-state index contributed by atoms with van der Waals surface area (Å²) in [6, 6.07) is 18.2. The van der Waals surface area contributed by atoms with Crippen LogP contribution < -0.4 is 5.32 Å². The summed E-state index contributed by atoms with van der Waals surface area (Å²) in [6.45, 7) is 2.46. The Balaban J connectivity index is 1.24. The van der Waals surface area contributed by atoms with E-state index < -0.39 is 0 Å². The summed E-state index contributed by atoms with van der Waals surface area (Å²) >= 11 is 7.96. The summed E-state index contributed by atoms with van der Waals surface area (Å²) in [5.74, 6) is 0.884. The number of fused-ring (bicyclic) bond motifs is 2. The number of aryl methyl sites for hydroxylation is 1. The molecule has 164 valence electrons. The van der Waals surface area contributed by atoms with Crippen LogP contribution in [0.25, 0.3) is 11.0 Å². The van der Waals surface area contributed by atoms with Gasteiger partial charge in [-0.15, -0.1) is 11.3 Å². The Morgan fingerprint density at radius 2 is 2.03 bits per heavy atom. The number of aromatic nitrogens is 2. The molecule has 3 heterocycles. The maximum atomic E-state index is 12.7. The van der Waals surface area contributed by atoms with Gasteiger partial charge in [0.15, 0.2) is 0 Å². The predicted octanol–water partition coefficient (Wildman–Crippen LogP) is 5.13. The first-order valence-corrected chi connectivity index (χ1v) is 12.2. The molecule has 4 aromatic rings. The Morgan fingerprint density at radius 3 is 2.88 bits per heavy atom. The first kappa shape index (κ1) is 21.2. The Labute approximate surface area is 196 Å². The predicted molar refractivity (Wildman–Crippen MR) is 130 cm³/mol. The highest BCUT2D eigenvalue weighted by Crippen LogP contribution is 2.30. The molecule has 2 aromatic carbocycles. The van der Waals surface area contributed by atoms with Gasteiger partial charge in [0.1, 0.15) is 5.82 Å². The molecule has 0 saturated carbocycles. The molecule has 0 aliphatic carbocycles. The summed E-state index contributed by atoms with van der Waals surface area (Å²) < 4.78 is 0. The van der Waals surface area contributed by atoms with Gasteiger partial charge < -0.3 is 10.3 Å². The molecule has 1 amide bonds. The zero-order valence-electron chi connectivity index (χ0n) is 17.7. The molecule has 5 rings (SSSR count). The number of nitrogens with zero attached hydrogens (tertiary/aromatic N) is 2. The third kappa shape index (κ3) is 4.72. The number of hydrogen-bond donors (Lipinski definition) is 2. The third-order valence-corrected chi connectivity index (χ3v) is 7.33. The van der Waals surface area contributed by atoms with Crippen LogP contribution in [-0.4, -0.2) is 33.9 Å². The van der Waals surface area contributed by atoms with Crippen molar-refractivity contribution in [2.75, 3.05) is 13.1 Å². The van der Waals surface area contributed by atoms with Crippen molar-refractivity contribution in [3.63, 3.8) is 0 Å². The van der Waals surface area contributed by atoms with Crippen molar-refractivity contribution in [1.82, 2.24) is 20.2 Å². The number of nitrogens with one attached hydrogen (secondary N) is 2. The number of rotatable bonds is 7. The molecule has 1 aliphatic rings. The molecule has 1 atom stereocenters. The number of carbonyl (C=O) groups excluding carboxylic acids is 1. The molecule has 7 heteroatoms. The quantitative estimate of drug-likeness (QED) is 0.398. The Hall–Kier alpha value is -2.67. The third-order valence-electron chi connectivity index (χ3n) is 6.05. The van der Waals surface area contributed by atoms with E-state index in [1.165, 1.54) is 16.0 Å². The number of H-pyrrole nitrogens is 1. The fourth-order valence-electron chi connectivity index (χ4n) is 4.33. The first-order chi connectivity index (χ1) is 15.7. The Morgan fingerprint density at radius 1 is 1.19 bits per heavy atom. The van der Waals surface area contributed by atoms with Crippen LogP contribution in [0.2, 0.25) is 5.02 Å². The zero-order valence-corrected chi connectivity index (χ0v) is 19.3.